The second-order valence-corrected chi connectivity index (χ2v) is 7.49. The Bertz CT molecular complexity index is 929. The standard InChI is InChI=1S/C22H24ClN3O/c1-15(2)12-13-24-22(27)21-14-20(18-6-4-5-7-19(18)23)25-26(21)17-10-8-16(3)9-11-17/h4-11,14-15H,12-13H2,1-3H3,(H,24,27). The van der Waals surface area contributed by atoms with E-state index in [2.05, 4.69) is 24.3 Å². The molecule has 0 atom stereocenters. The Hall–Kier alpha value is -2.59. The van der Waals surface area contributed by atoms with E-state index in [-0.39, 0.29) is 5.91 Å². The topological polar surface area (TPSA) is 46.9 Å². The van der Waals surface area contributed by atoms with Gasteiger partial charge in [-0.3, -0.25) is 4.79 Å². The van der Waals surface area contributed by atoms with E-state index in [4.69, 9.17) is 11.6 Å². The molecule has 5 heteroatoms. The number of hydrogen-bond acceptors (Lipinski definition) is 2. The van der Waals surface area contributed by atoms with Crippen molar-refractivity contribution in [2.75, 3.05) is 6.54 Å². The maximum atomic E-state index is 12.8. The SMILES string of the molecule is Cc1ccc(-n2nc(-c3ccccc3Cl)cc2C(=O)NCCC(C)C)cc1. The van der Waals surface area contributed by atoms with Crippen LogP contribution < -0.4 is 5.32 Å². The zero-order valence-electron chi connectivity index (χ0n) is 15.9. The van der Waals surface area contributed by atoms with E-state index in [1.807, 2.05) is 55.5 Å². The average Bonchev–Trinajstić information content (AvgIpc) is 3.07. The second-order valence-electron chi connectivity index (χ2n) is 7.08. The van der Waals surface area contributed by atoms with Crippen LogP contribution in [0.2, 0.25) is 5.02 Å². The molecule has 1 amide bonds. The highest BCUT2D eigenvalue weighted by Crippen LogP contribution is 2.28. The van der Waals surface area contributed by atoms with Crippen LogP contribution in [0.5, 0.6) is 0 Å². The van der Waals surface area contributed by atoms with Gasteiger partial charge in [0.15, 0.2) is 0 Å². The van der Waals surface area contributed by atoms with Crippen LogP contribution in [0.15, 0.2) is 54.6 Å². The van der Waals surface area contributed by atoms with E-state index in [0.717, 1.165) is 23.2 Å². The van der Waals surface area contributed by atoms with Crippen LogP contribution in [0.3, 0.4) is 0 Å². The van der Waals surface area contributed by atoms with Gasteiger partial charge >= 0.3 is 0 Å². The Morgan fingerprint density at radius 1 is 1.15 bits per heavy atom. The predicted molar refractivity (Wildman–Crippen MR) is 111 cm³/mol. The smallest absolute Gasteiger partial charge is 0.270 e. The number of aromatic nitrogens is 2. The number of carbonyl (C=O) groups is 1. The fraction of sp³-hybridized carbons (Fsp3) is 0.273. The first kappa shape index (κ1) is 19.2. The van der Waals surface area contributed by atoms with Gasteiger partial charge in [0.1, 0.15) is 5.69 Å². The molecule has 0 spiro atoms. The Morgan fingerprint density at radius 3 is 2.52 bits per heavy atom. The van der Waals surface area contributed by atoms with Crippen molar-refractivity contribution in [2.45, 2.75) is 27.2 Å². The summed E-state index contributed by atoms with van der Waals surface area (Å²) in [5.74, 6) is 0.396. The summed E-state index contributed by atoms with van der Waals surface area (Å²) in [6, 6.07) is 17.3. The Labute approximate surface area is 165 Å². The quantitative estimate of drug-likeness (QED) is 0.631. The fourth-order valence-electron chi connectivity index (χ4n) is 2.79. The molecular formula is C22H24ClN3O. The number of nitrogens with zero attached hydrogens (tertiary/aromatic N) is 2. The number of aryl methyl sites for hydroxylation is 1. The Balaban J connectivity index is 2.00. The minimum absolute atomic E-state index is 0.137. The number of halogens is 1. The average molecular weight is 382 g/mol. The van der Waals surface area contributed by atoms with Gasteiger partial charge in [-0.1, -0.05) is 61.3 Å². The van der Waals surface area contributed by atoms with Gasteiger partial charge in [0.25, 0.3) is 5.91 Å². The molecule has 0 bridgehead atoms. The van der Waals surface area contributed by atoms with Crippen LogP contribution in [0.25, 0.3) is 16.9 Å². The summed E-state index contributed by atoms with van der Waals surface area (Å²) < 4.78 is 1.68. The summed E-state index contributed by atoms with van der Waals surface area (Å²) >= 11 is 6.34. The zero-order valence-corrected chi connectivity index (χ0v) is 16.6. The van der Waals surface area contributed by atoms with Gasteiger partial charge < -0.3 is 5.32 Å². The molecule has 140 valence electrons. The van der Waals surface area contributed by atoms with E-state index < -0.39 is 0 Å². The fourth-order valence-corrected chi connectivity index (χ4v) is 3.02. The minimum atomic E-state index is -0.137. The highest BCUT2D eigenvalue weighted by molar-refractivity contribution is 6.33. The number of nitrogens with one attached hydrogen (secondary N) is 1. The third-order valence-corrected chi connectivity index (χ3v) is 4.71. The van der Waals surface area contributed by atoms with Crippen molar-refractivity contribution in [3.63, 3.8) is 0 Å². The van der Waals surface area contributed by atoms with Crippen molar-refractivity contribution >= 4 is 17.5 Å². The third kappa shape index (κ3) is 4.58. The van der Waals surface area contributed by atoms with Crippen molar-refractivity contribution in [3.05, 3.63) is 70.9 Å². The molecule has 2 aromatic carbocycles. The molecule has 1 heterocycles. The molecule has 3 rings (SSSR count). The van der Waals surface area contributed by atoms with Crippen LogP contribution in [0.4, 0.5) is 0 Å². The van der Waals surface area contributed by atoms with E-state index in [1.165, 1.54) is 0 Å². The lowest BCUT2D eigenvalue weighted by molar-refractivity contribution is 0.0944. The van der Waals surface area contributed by atoms with E-state index in [9.17, 15) is 4.79 Å². The number of hydrogen-bond donors (Lipinski definition) is 1. The summed E-state index contributed by atoms with van der Waals surface area (Å²) in [6.07, 6.45) is 0.932. The van der Waals surface area contributed by atoms with Crippen molar-refractivity contribution < 1.29 is 4.79 Å². The molecule has 4 nitrogen and oxygen atoms in total. The van der Waals surface area contributed by atoms with Crippen LogP contribution in [0, 0.1) is 12.8 Å². The van der Waals surface area contributed by atoms with Crippen LogP contribution >= 0.6 is 11.6 Å². The Kier molecular flexibility index (Phi) is 5.97. The first-order valence-corrected chi connectivity index (χ1v) is 9.53. The number of amides is 1. The summed E-state index contributed by atoms with van der Waals surface area (Å²) in [6.45, 7) is 6.94. The summed E-state index contributed by atoms with van der Waals surface area (Å²) in [5.41, 5.74) is 3.97. The van der Waals surface area contributed by atoms with Crippen molar-refractivity contribution in [3.8, 4) is 16.9 Å². The highest BCUT2D eigenvalue weighted by atomic mass is 35.5. The normalized spacial score (nSPS) is 11.0. The molecule has 1 N–H and O–H groups in total. The number of carbonyl (C=O) groups excluding carboxylic acids is 1. The lowest BCUT2D eigenvalue weighted by Gasteiger charge is -2.09. The van der Waals surface area contributed by atoms with Gasteiger partial charge in [-0.25, -0.2) is 4.68 Å². The molecular weight excluding hydrogens is 358 g/mol. The van der Waals surface area contributed by atoms with Crippen molar-refractivity contribution in [1.29, 1.82) is 0 Å². The molecule has 0 aliphatic carbocycles. The highest BCUT2D eigenvalue weighted by Gasteiger charge is 2.18. The minimum Gasteiger partial charge on any atom is -0.351 e. The van der Waals surface area contributed by atoms with Gasteiger partial charge in [-0.2, -0.15) is 5.10 Å². The van der Waals surface area contributed by atoms with Crippen LogP contribution in [-0.2, 0) is 0 Å². The molecule has 0 unspecified atom stereocenters. The maximum absolute atomic E-state index is 12.8. The maximum Gasteiger partial charge on any atom is 0.270 e. The van der Waals surface area contributed by atoms with Gasteiger partial charge in [-0.05, 0) is 43.5 Å². The lowest BCUT2D eigenvalue weighted by atomic mass is 10.1. The Morgan fingerprint density at radius 2 is 1.85 bits per heavy atom. The summed E-state index contributed by atoms with van der Waals surface area (Å²) in [7, 11) is 0. The van der Waals surface area contributed by atoms with E-state index >= 15 is 0 Å². The molecule has 0 aliphatic heterocycles. The number of benzene rings is 2. The summed E-state index contributed by atoms with van der Waals surface area (Å²) in [5, 5.41) is 8.28. The lowest BCUT2D eigenvalue weighted by Crippen LogP contribution is -2.27. The predicted octanol–water partition coefficient (Wildman–Crippen LogP) is 5.28. The first-order chi connectivity index (χ1) is 13.0. The largest absolute Gasteiger partial charge is 0.351 e. The van der Waals surface area contributed by atoms with Crippen LogP contribution in [0.1, 0.15) is 36.3 Å². The number of rotatable bonds is 6. The molecule has 0 radical (unpaired) electrons. The zero-order chi connectivity index (χ0) is 19.4. The molecule has 0 saturated carbocycles. The second kappa shape index (κ2) is 8.40. The van der Waals surface area contributed by atoms with Crippen molar-refractivity contribution in [2.24, 2.45) is 5.92 Å². The monoisotopic (exact) mass is 381 g/mol. The molecule has 0 fully saturated rings. The molecule has 27 heavy (non-hydrogen) atoms. The van der Waals surface area contributed by atoms with Gasteiger partial charge in [0, 0.05) is 12.1 Å². The molecule has 0 saturated heterocycles. The van der Waals surface area contributed by atoms with Crippen molar-refractivity contribution in [1.82, 2.24) is 15.1 Å². The van der Waals surface area contributed by atoms with E-state index in [1.54, 1.807) is 10.7 Å². The van der Waals surface area contributed by atoms with Crippen LogP contribution in [-0.4, -0.2) is 22.2 Å². The van der Waals surface area contributed by atoms with Gasteiger partial charge in [0.05, 0.1) is 16.4 Å². The molecule has 3 aromatic rings. The molecule has 0 aliphatic rings. The first-order valence-electron chi connectivity index (χ1n) is 9.16. The summed E-state index contributed by atoms with van der Waals surface area (Å²) in [4.78, 5) is 12.8. The van der Waals surface area contributed by atoms with Gasteiger partial charge in [0.2, 0.25) is 0 Å². The third-order valence-electron chi connectivity index (χ3n) is 4.38. The van der Waals surface area contributed by atoms with E-state index in [0.29, 0.717) is 28.9 Å². The molecule has 1 aromatic heterocycles. The van der Waals surface area contributed by atoms with Gasteiger partial charge in [-0.15, -0.1) is 0 Å².